The van der Waals surface area contributed by atoms with Crippen LogP contribution in [0, 0.1) is 0 Å². The van der Waals surface area contributed by atoms with E-state index in [9.17, 15) is 0 Å². The van der Waals surface area contributed by atoms with Gasteiger partial charge in [-0.25, -0.2) is 4.98 Å². The zero-order valence-corrected chi connectivity index (χ0v) is 12.9. The molecule has 3 nitrogen and oxygen atoms in total. The molecule has 0 amide bonds. The van der Waals surface area contributed by atoms with Gasteiger partial charge < -0.3 is 0 Å². The Balaban J connectivity index is 1.84. The second-order valence-corrected chi connectivity index (χ2v) is 6.44. The van der Waals surface area contributed by atoms with E-state index >= 15 is 0 Å². The van der Waals surface area contributed by atoms with Crippen LogP contribution in [0.1, 0.15) is 0 Å². The lowest BCUT2D eigenvalue weighted by Crippen LogP contribution is -1.87. The second-order valence-electron chi connectivity index (χ2n) is 5.40. The highest BCUT2D eigenvalue weighted by atomic mass is 32.1. The number of fused-ring (bicyclic) bond motifs is 4. The molecule has 0 atom stereocenters. The maximum absolute atomic E-state index is 4.67. The van der Waals surface area contributed by atoms with E-state index in [0.717, 1.165) is 31.7 Å². The van der Waals surface area contributed by atoms with Crippen LogP contribution in [0.15, 0.2) is 67.1 Å². The van der Waals surface area contributed by atoms with Crippen molar-refractivity contribution < 1.29 is 0 Å². The van der Waals surface area contributed by atoms with Gasteiger partial charge in [-0.05, 0) is 24.3 Å². The van der Waals surface area contributed by atoms with Crippen LogP contribution in [-0.4, -0.2) is 15.0 Å². The molecule has 0 fully saturated rings. The topological polar surface area (TPSA) is 38.7 Å². The Morgan fingerprint density at radius 3 is 2.65 bits per heavy atom. The molecule has 23 heavy (non-hydrogen) atoms. The van der Waals surface area contributed by atoms with Crippen molar-refractivity contribution in [1.29, 1.82) is 0 Å². The monoisotopic (exact) mass is 313 g/mol. The van der Waals surface area contributed by atoms with Gasteiger partial charge in [0.25, 0.3) is 0 Å². The summed E-state index contributed by atoms with van der Waals surface area (Å²) in [6.07, 6.45) is 5.60. The second kappa shape index (κ2) is 4.83. The first kappa shape index (κ1) is 12.7. The van der Waals surface area contributed by atoms with Crippen molar-refractivity contribution >= 4 is 42.5 Å². The van der Waals surface area contributed by atoms with Crippen LogP contribution in [0.25, 0.3) is 42.5 Å². The highest BCUT2D eigenvalue weighted by Crippen LogP contribution is 2.35. The molecular formula is C19H11N3S. The van der Waals surface area contributed by atoms with Crippen molar-refractivity contribution in [2.45, 2.75) is 0 Å². The SMILES string of the molecule is c1cnc2c(-c3cc4c(cn3)sc3ncccc34)cccc2c1. The number of hydrogen-bond donors (Lipinski definition) is 0. The van der Waals surface area contributed by atoms with Crippen molar-refractivity contribution in [2.24, 2.45) is 0 Å². The highest BCUT2D eigenvalue weighted by molar-refractivity contribution is 7.25. The van der Waals surface area contributed by atoms with E-state index in [4.69, 9.17) is 0 Å². The van der Waals surface area contributed by atoms with Crippen LogP contribution >= 0.6 is 11.3 Å². The van der Waals surface area contributed by atoms with Gasteiger partial charge in [0.05, 0.1) is 15.9 Å². The normalized spacial score (nSPS) is 11.5. The van der Waals surface area contributed by atoms with Gasteiger partial charge >= 0.3 is 0 Å². The van der Waals surface area contributed by atoms with Crippen molar-refractivity contribution in [3.63, 3.8) is 0 Å². The largest absolute Gasteiger partial charge is 0.256 e. The van der Waals surface area contributed by atoms with E-state index in [0.29, 0.717) is 0 Å². The fraction of sp³-hybridized carbons (Fsp3) is 0. The summed E-state index contributed by atoms with van der Waals surface area (Å²) in [5, 5.41) is 3.52. The van der Waals surface area contributed by atoms with E-state index in [1.54, 1.807) is 11.3 Å². The van der Waals surface area contributed by atoms with E-state index in [1.165, 1.54) is 10.8 Å². The highest BCUT2D eigenvalue weighted by Gasteiger charge is 2.10. The van der Waals surface area contributed by atoms with Gasteiger partial charge in [-0.3, -0.25) is 9.97 Å². The molecule has 4 heterocycles. The lowest BCUT2D eigenvalue weighted by atomic mass is 10.1. The van der Waals surface area contributed by atoms with E-state index in [2.05, 4.69) is 51.4 Å². The van der Waals surface area contributed by atoms with E-state index < -0.39 is 0 Å². The number of thiophene rings is 1. The third kappa shape index (κ3) is 1.92. The number of para-hydroxylation sites is 1. The molecule has 4 heteroatoms. The summed E-state index contributed by atoms with van der Waals surface area (Å²) in [5.41, 5.74) is 3.00. The summed E-state index contributed by atoms with van der Waals surface area (Å²) in [5.74, 6) is 0. The minimum absolute atomic E-state index is 0.949. The van der Waals surface area contributed by atoms with Crippen molar-refractivity contribution in [3.8, 4) is 11.3 Å². The molecule has 0 radical (unpaired) electrons. The standard InChI is InChI=1S/C19H11N3S/c1-4-12-5-2-8-20-18(12)14(6-1)16-10-15-13-7-3-9-21-19(13)23-17(15)11-22-16/h1-11H. The molecule has 0 aliphatic carbocycles. The molecule has 1 aromatic carbocycles. The van der Waals surface area contributed by atoms with Crippen molar-refractivity contribution in [3.05, 3.63) is 67.1 Å². The minimum Gasteiger partial charge on any atom is -0.256 e. The predicted molar refractivity (Wildman–Crippen MR) is 95.7 cm³/mol. The van der Waals surface area contributed by atoms with Crippen LogP contribution in [0.5, 0.6) is 0 Å². The average molecular weight is 313 g/mol. The Morgan fingerprint density at radius 1 is 0.783 bits per heavy atom. The molecular weight excluding hydrogens is 302 g/mol. The van der Waals surface area contributed by atoms with Crippen LogP contribution in [0.4, 0.5) is 0 Å². The maximum Gasteiger partial charge on any atom is 0.124 e. The molecule has 0 aliphatic heterocycles. The molecule has 4 aromatic heterocycles. The molecule has 0 saturated carbocycles. The van der Waals surface area contributed by atoms with Crippen LogP contribution in [0.2, 0.25) is 0 Å². The number of pyridine rings is 3. The van der Waals surface area contributed by atoms with E-state index in [-0.39, 0.29) is 0 Å². The summed E-state index contributed by atoms with van der Waals surface area (Å²) in [7, 11) is 0. The van der Waals surface area contributed by atoms with Gasteiger partial charge in [0.2, 0.25) is 0 Å². The lowest BCUT2D eigenvalue weighted by molar-refractivity contribution is 1.35. The van der Waals surface area contributed by atoms with Crippen LogP contribution in [0.3, 0.4) is 0 Å². The lowest BCUT2D eigenvalue weighted by Gasteiger charge is -2.05. The number of hydrogen-bond acceptors (Lipinski definition) is 4. The minimum atomic E-state index is 0.949. The van der Waals surface area contributed by atoms with Gasteiger partial charge in [0.15, 0.2) is 0 Å². The Labute approximate surface area is 136 Å². The summed E-state index contributed by atoms with van der Waals surface area (Å²) in [4.78, 5) is 14.7. The molecule has 0 bridgehead atoms. The number of rotatable bonds is 1. The molecule has 108 valence electrons. The maximum atomic E-state index is 4.67. The van der Waals surface area contributed by atoms with Gasteiger partial charge in [-0.1, -0.05) is 24.3 Å². The predicted octanol–water partition coefficient (Wildman–Crippen LogP) is 5.06. The van der Waals surface area contributed by atoms with Crippen molar-refractivity contribution in [2.75, 3.05) is 0 Å². The number of benzene rings is 1. The summed E-state index contributed by atoms with van der Waals surface area (Å²) < 4.78 is 1.16. The smallest absolute Gasteiger partial charge is 0.124 e. The van der Waals surface area contributed by atoms with Gasteiger partial charge in [0.1, 0.15) is 4.83 Å². The van der Waals surface area contributed by atoms with Crippen LogP contribution < -0.4 is 0 Å². The molecule has 5 aromatic rings. The molecule has 0 saturated heterocycles. The first-order valence-electron chi connectivity index (χ1n) is 7.37. The zero-order valence-electron chi connectivity index (χ0n) is 12.1. The first-order valence-corrected chi connectivity index (χ1v) is 8.19. The molecule has 0 N–H and O–H groups in total. The van der Waals surface area contributed by atoms with Gasteiger partial charge in [-0.15, -0.1) is 11.3 Å². The van der Waals surface area contributed by atoms with Crippen molar-refractivity contribution in [1.82, 2.24) is 15.0 Å². The Hall–Kier alpha value is -2.85. The quantitative estimate of drug-likeness (QED) is 0.434. The fourth-order valence-corrected chi connectivity index (χ4v) is 3.97. The summed E-state index contributed by atoms with van der Waals surface area (Å²) in [6.45, 7) is 0. The Morgan fingerprint density at radius 2 is 1.65 bits per heavy atom. The fourth-order valence-electron chi connectivity index (χ4n) is 2.97. The summed E-state index contributed by atoms with van der Waals surface area (Å²) >= 11 is 1.68. The number of aromatic nitrogens is 3. The van der Waals surface area contributed by atoms with Gasteiger partial charge in [-0.2, -0.15) is 0 Å². The zero-order chi connectivity index (χ0) is 15.2. The molecule has 0 spiro atoms. The average Bonchev–Trinajstić information content (AvgIpc) is 2.99. The number of nitrogens with zero attached hydrogens (tertiary/aromatic N) is 3. The van der Waals surface area contributed by atoms with Gasteiger partial charge in [0, 0.05) is 40.3 Å². The Kier molecular flexibility index (Phi) is 2.66. The summed E-state index contributed by atoms with van der Waals surface area (Å²) in [6, 6.07) is 16.5. The Bertz CT molecular complexity index is 1170. The van der Waals surface area contributed by atoms with E-state index in [1.807, 2.05) is 30.7 Å². The first-order chi connectivity index (χ1) is 11.4. The molecule has 0 aliphatic rings. The molecule has 5 rings (SSSR count). The third-order valence-electron chi connectivity index (χ3n) is 4.04. The third-order valence-corrected chi connectivity index (χ3v) is 5.11. The molecule has 0 unspecified atom stereocenters. The van der Waals surface area contributed by atoms with Crippen LogP contribution in [-0.2, 0) is 0 Å².